The van der Waals surface area contributed by atoms with E-state index in [1.165, 1.54) is 23.6 Å². The molecule has 1 aromatic heterocycles. The first-order chi connectivity index (χ1) is 9.87. The van der Waals surface area contributed by atoms with Crippen LogP contribution in [0.4, 0.5) is 0 Å². The van der Waals surface area contributed by atoms with E-state index in [1.807, 2.05) is 0 Å². The molecule has 0 aromatic carbocycles. The summed E-state index contributed by atoms with van der Waals surface area (Å²) in [4.78, 5) is 0.265. The Hall–Kier alpha value is -0.850. The van der Waals surface area contributed by atoms with E-state index in [0.717, 1.165) is 12.8 Å². The second-order valence-corrected chi connectivity index (χ2v) is 8.00. The van der Waals surface area contributed by atoms with Crippen molar-refractivity contribution in [3.05, 3.63) is 17.1 Å². The van der Waals surface area contributed by atoms with Gasteiger partial charge in [-0.25, -0.2) is 12.7 Å². The summed E-state index contributed by atoms with van der Waals surface area (Å²) in [5.74, 6) is 1.50. The van der Waals surface area contributed by atoms with Gasteiger partial charge in [0.2, 0.25) is 10.0 Å². The molecule has 1 aliphatic carbocycles. The van der Waals surface area contributed by atoms with Crippen molar-refractivity contribution in [2.45, 2.75) is 57.4 Å². The van der Waals surface area contributed by atoms with E-state index in [2.05, 4.69) is 0 Å². The Bertz CT molecular complexity index is 586. The quantitative estimate of drug-likeness (QED) is 0.906. The third kappa shape index (κ3) is 3.33. The Balaban J connectivity index is 2.24. The number of hydrogen-bond donors (Lipinski definition) is 1. The molecule has 6 heteroatoms. The third-order valence-corrected chi connectivity index (χ3v) is 6.46. The van der Waals surface area contributed by atoms with Gasteiger partial charge in [0.05, 0.1) is 0 Å². The first kappa shape index (κ1) is 16.5. The monoisotopic (exact) mass is 314 g/mol. The van der Waals surface area contributed by atoms with Crippen molar-refractivity contribution in [2.24, 2.45) is 11.7 Å². The molecule has 0 atom stereocenters. The maximum atomic E-state index is 12.8. The van der Waals surface area contributed by atoms with Crippen LogP contribution in [0.25, 0.3) is 0 Å². The van der Waals surface area contributed by atoms with Crippen molar-refractivity contribution in [2.75, 3.05) is 13.6 Å². The van der Waals surface area contributed by atoms with Crippen molar-refractivity contribution < 1.29 is 12.8 Å². The van der Waals surface area contributed by atoms with Crippen LogP contribution in [0.1, 0.15) is 49.2 Å². The Morgan fingerprint density at radius 1 is 1.19 bits per heavy atom. The Morgan fingerprint density at radius 2 is 1.81 bits per heavy atom. The van der Waals surface area contributed by atoms with E-state index >= 15 is 0 Å². The van der Waals surface area contributed by atoms with Gasteiger partial charge in [0.25, 0.3) is 0 Å². The molecule has 1 aromatic rings. The second kappa shape index (κ2) is 6.50. The van der Waals surface area contributed by atoms with Crippen LogP contribution < -0.4 is 5.73 Å². The van der Waals surface area contributed by atoms with Crippen molar-refractivity contribution >= 4 is 10.0 Å². The number of sulfonamides is 1. The lowest BCUT2D eigenvalue weighted by Gasteiger charge is -2.26. The van der Waals surface area contributed by atoms with Crippen LogP contribution in [0.3, 0.4) is 0 Å². The van der Waals surface area contributed by atoms with Gasteiger partial charge in [-0.05, 0) is 32.6 Å². The molecule has 0 saturated heterocycles. The zero-order valence-electron chi connectivity index (χ0n) is 13.2. The number of nitrogens with two attached hydrogens (primary N) is 1. The molecule has 0 amide bonds. The molecule has 21 heavy (non-hydrogen) atoms. The minimum atomic E-state index is -3.53. The maximum Gasteiger partial charge on any atom is 0.246 e. The van der Waals surface area contributed by atoms with Gasteiger partial charge in [-0.15, -0.1) is 0 Å². The van der Waals surface area contributed by atoms with Crippen LogP contribution in [0.2, 0.25) is 0 Å². The predicted octanol–water partition coefficient (Wildman–Crippen LogP) is 2.56. The van der Waals surface area contributed by atoms with E-state index < -0.39 is 10.0 Å². The summed E-state index contributed by atoms with van der Waals surface area (Å²) in [7, 11) is -1.87. The largest absolute Gasteiger partial charge is 0.465 e. The molecule has 5 nitrogen and oxygen atoms in total. The fraction of sp³-hybridized carbons (Fsp3) is 0.733. The molecule has 120 valence electrons. The van der Waals surface area contributed by atoms with E-state index in [4.69, 9.17) is 10.2 Å². The molecule has 1 heterocycles. The van der Waals surface area contributed by atoms with Crippen LogP contribution in [0.5, 0.6) is 0 Å². The number of furan rings is 1. The lowest BCUT2D eigenvalue weighted by Crippen LogP contribution is -2.33. The van der Waals surface area contributed by atoms with Crippen LogP contribution >= 0.6 is 0 Å². The van der Waals surface area contributed by atoms with Crippen LogP contribution in [0, 0.1) is 19.8 Å². The van der Waals surface area contributed by atoms with E-state index in [-0.39, 0.29) is 11.4 Å². The Kier molecular flexibility index (Phi) is 5.11. The Morgan fingerprint density at radius 3 is 2.38 bits per heavy atom. The van der Waals surface area contributed by atoms with Gasteiger partial charge >= 0.3 is 0 Å². The first-order valence-corrected chi connectivity index (χ1v) is 9.07. The minimum absolute atomic E-state index is 0.176. The van der Waals surface area contributed by atoms with E-state index in [1.54, 1.807) is 20.9 Å². The highest BCUT2D eigenvalue weighted by atomic mass is 32.2. The van der Waals surface area contributed by atoms with Crippen LogP contribution in [0.15, 0.2) is 9.31 Å². The number of aryl methyl sites for hydroxylation is 2. The SMILES string of the molecule is Cc1oc(C)c(S(=O)(=O)N(C)CC2CCCCC2)c1CN. The van der Waals surface area contributed by atoms with Crippen molar-refractivity contribution in [1.29, 1.82) is 0 Å². The van der Waals surface area contributed by atoms with Gasteiger partial charge in [0.15, 0.2) is 0 Å². The van der Waals surface area contributed by atoms with Crippen molar-refractivity contribution in [3.8, 4) is 0 Å². The number of hydrogen-bond acceptors (Lipinski definition) is 4. The van der Waals surface area contributed by atoms with Gasteiger partial charge in [0, 0.05) is 25.7 Å². The molecule has 0 spiro atoms. The van der Waals surface area contributed by atoms with Gasteiger partial charge in [-0.1, -0.05) is 19.3 Å². The zero-order chi connectivity index (χ0) is 15.6. The lowest BCUT2D eigenvalue weighted by atomic mass is 9.89. The highest BCUT2D eigenvalue weighted by Crippen LogP contribution is 2.30. The standard InChI is InChI=1S/C15H26N2O3S/c1-11-14(9-16)15(12(2)20-11)21(18,19)17(3)10-13-7-5-4-6-8-13/h13H,4-10,16H2,1-3H3. The van der Waals surface area contributed by atoms with Gasteiger partial charge in [0.1, 0.15) is 16.4 Å². The average Bonchev–Trinajstić information content (AvgIpc) is 2.74. The fourth-order valence-corrected chi connectivity index (χ4v) is 4.93. The normalized spacial score (nSPS) is 17.6. The first-order valence-electron chi connectivity index (χ1n) is 7.63. The van der Waals surface area contributed by atoms with Crippen molar-refractivity contribution in [3.63, 3.8) is 0 Å². The zero-order valence-corrected chi connectivity index (χ0v) is 14.0. The molecule has 0 unspecified atom stereocenters. The second-order valence-electron chi connectivity index (χ2n) is 6.02. The highest BCUT2D eigenvalue weighted by Gasteiger charge is 2.31. The molecule has 0 bridgehead atoms. The third-order valence-electron chi connectivity index (χ3n) is 4.44. The topological polar surface area (TPSA) is 76.5 Å². The highest BCUT2D eigenvalue weighted by molar-refractivity contribution is 7.89. The van der Waals surface area contributed by atoms with Crippen molar-refractivity contribution in [1.82, 2.24) is 4.31 Å². The summed E-state index contributed by atoms with van der Waals surface area (Å²) in [6.07, 6.45) is 5.91. The molecule has 0 radical (unpaired) electrons. The minimum Gasteiger partial charge on any atom is -0.465 e. The smallest absolute Gasteiger partial charge is 0.246 e. The molecule has 1 fully saturated rings. The molecule has 0 aliphatic heterocycles. The van der Waals surface area contributed by atoms with E-state index in [9.17, 15) is 8.42 Å². The summed E-state index contributed by atoms with van der Waals surface area (Å²) < 4.78 is 32.6. The van der Waals surface area contributed by atoms with Crippen LogP contribution in [-0.4, -0.2) is 26.3 Å². The predicted molar refractivity (Wildman–Crippen MR) is 82.5 cm³/mol. The average molecular weight is 314 g/mol. The maximum absolute atomic E-state index is 12.8. The van der Waals surface area contributed by atoms with Crippen LogP contribution in [-0.2, 0) is 16.6 Å². The summed E-state index contributed by atoms with van der Waals surface area (Å²) in [5.41, 5.74) is 6.30. The summed E-state index contributed by atoms with van der Waals surface area (Å²) in [6.45, 7) is 4.20. The lowest BCUT2D eigenvalue weighted by molar-refractivity contribution is 0.300. The molecule has 1 aliphatic rings. The number of nitrogens with zero attached hydrogens (tertiary/aromatic N) is 1. The Labute approximate surface area is 127 Å². The summed E-state index contributed by atoms with van der Waals surface area (Å²) in [5, 5.41) is 0. The molecule has 2 rings (SSSR count). The summed E-state index contributed by atoms with van der Waals surface area (Å²) >= 11 is 0. The molecular formula is C15H26N2O3S. The fourth-order valence-electron chi connectivity index (χ4n) is 3.27. The van der Waals surface area contributed by atoms with E-state index in [0.29, 0.717) is 29.5 Å². The molecular weight excluding hydrogens is 288 g/mol. The van der Waals surface area contributed by atoms with Gasteiger partial charge < -0.3 is 10.2 Å². The number of rotatable bonds is 5. The van der Waals surface area contributed by atoms with Gasteiger partial charge in [-0.3, -0.25) is 0 Å². The molecule has 2 N–H and O–H groups in total. The molecule has 1 saturated carbocycles. The van der Waals surface area contributed by atoms with Gasteiger partial charge in [-0.2, -0.15) is 0 Å². The summed E-state index contributed by atoms with van der Waals surface area (Å²) in [6, 6.07) is 0.